The van der Waals surface area contributed by atoms with E-state index < -0.39 is 0 Å². The summed E-state index contributed by atoms with van der Waals surface area (Å²) in [4.78, 5) is 31.7. The monoisotopic (exact) mass is 472 g/mol. The highest BCUT2D eigenvalue weighted by Gasteiger charge is 2.36. The van der Waals surface area contributed by atoms with Crippen molar-refractivity contribution < 1.29 is 14.3 Å². The van der Waals surface area contributed by atoms with Gasteiger partial charge in [0.2, 0.25) is 5.91 Å². The van der Waals surface area contributed by atoms with Gasteiger partial charge in [-0.1, -0.05) is 36.4 Å². The molecule has 0 bridgehead atoms. The van der Waals surface area contributed by atoms with Gasteiger partial charge in [-0.25, -0.2) is 0 Å². The van der Waals surface area contributed by atoms with Gasteiger partial charge in [-0.3, -0.25) is 14.6 Å². The molecule has 2 N–H and O–H groups in total. The number of amides is 2. The van der Waals surface area contributed by atoms with Crippen LogP contribution in [0.2, 0.25) is 0 Å². The molecule has 7 heteroatoms. The molecule has 4 rings (SSSR count). The number of rotatable bonds is 9. The van der Waals surface area contributed by atoms with Crippen molar-refractivity contribution in [2.45, 2.75) is 18.9 Å². The minimum atomic E-state index is -0.154. The second kappa shape index (κ2) is 11.6. The Morgan fingerprint density at radius 2 is 1.86 bits per heavy atom. The highest BCUT2D eigenvalue weighted by Crippen LogP contribution is 2.32. The number of ether oxygens (including phenoxy) is 1. The number of hydrogen-bond acceptors (Lipinski definition) is 5. The number of benzene rings is 2. The molecular formula is C28H32N4O3. The van der Waals surface area contributed by atoms with Crippen molar-refractivity contribution in [3.8, 4) is 5.75 Å². The average molecular weight is 473 g/mol. The molecule has 1 saturated heterocycles. The van der Waals surface area contributed by atoms with Crippen LogP contribution in [0.5, 0.6) is 5.75 Å². The number of methoxy groups -OCH3 is 1. The molecule has 0 saturated carbocycles. The molecule has 2 aromatic carbocycles. The van der Waals surface area contributed by atoms with Gasteiger partial charge in [0.15, 0.2) is 0 Å². The van der Waals surface area contributed by atoms with E-state index in [1.54, 1.807) is 31.6 Å². The zero-order valence-corrected chi connectivity index (χ0v) is 20.2. The fourth-order valence-electron chi connectivity index (χ4n) is 4.57. The second-order valence-corrected chi connectivity index (χ2v) is 8.99. The molecule has 1 aromatic heterocycles. The van der Waals surface area contributed by atoms with E-state index in [1.807, 2.05) is 36.4 Å². The van der Waals surface area contributed by atoms with Crippen molar-refractivity contribution in [1.29, 1.82) is 0 Å². The number of likely N-dealkylation sites (tertiary alicyclic amines) is 1. The van der Waals surface area contributed by atoms with E-state index in [9.17, 15) is 9.59 Å². The number of likely N-dealkylation sites (N-methyl/N-ethyl adjacent to an activating group) is 1. The number of pyridine rings is 1. The Hall–Kier alpha value is -3.71. The maximum Gasteiger partial charge on any atom is 0.253 e. The van der Waals surface area contributed by atoms with E-state index in [1.165, 1.54) is 0 Å². The molecule has 182 valence electrons. The summed E-state index contributed by atoms with van der Waals surface area (Å²) in [5.74, 6) is 0.751. The number of hydrogen-bond donors (Lipinski definition) is 2. The predicted molar refractivity (Wildman–Crippen MR) is 135 cm³/mol. The van der Waals surface area contributed by atoms with Crippen molar-refractivity contribution in [2.75, 3.05) is 33.8 Å². The molecular weight excluding hydrogens is 440 g/mol. The van der Waals surface area contributed by atoms with Crippen LogP contribution in [0.25, 0.3) is 0 Å². The summed E-state index contributed by atoms with van der Waals surface area (Å²) in [5, 5.41) is 6.09. The summed E-state index contributed by atoms with van der Waals surface area (Å²) in [6.45, 7) is 2.56. The minimum absolute atomic E-state index is 0.0862. The largest absolute Gasteiger partial charge is 0.497 e. The Bertz CT molecular complexity index is 1130. The summed E-state index contributed by atoms with van der Waals surface area (Å²) >= 11 is 0. The molecule has 7 nitrogen and oxygen atoms in total. The number of carbonyl (C=O) groups is 2. The third-order valence-corrected chi connectivity index (χ3v) is 6.47. The fourth-order valence-corrected chi connectivity index (χ4v) is 4.57. The summed E-state index contributed by atoms with van der Waals surface area (Å²) in [6.07, 6.45) is 3.97. The van der Waals surface area contributed by atoms with Crippen molar-refractivity contribution in [2.24, 2.45) is 5.92 Å². The van der Waals surface area contributed by atoms with Gasteiger partial charge in [0.1, 0.15) is 5.75 Å². The summed E-state index contributed by atoms with van der Waals surface area (Å²) in [6, 6.07) is 19.6. The van der Waals surface area contributed by atoms with Gasteiger partial charge in [0.25, 0.3) is 5.91 Å². The number of nitrogens with one attached hydrogen (secondary N) is 2. The van der Waals surface area contributed by atoms with E-state index in [2.05, 4.69) is 39.7 Å². The minimum Gasteiger partial charge on any atom is -0.497 e. The van der Waals surface area contributed by atoms with Crippen LogP contribution in [0.3, 0.4) is 0 Å². The molecule has 2 unspecified atom stereocenters. The van der Waals surface area contributed by atoms with E-state index in [0.29, 0.717) is 18.7 Å². The van der Waals surface area contributed by atoms with Gasteiger partial charge in [-0.15, -0.1) is 0 Å². The highest BCUT2D eigenvalue weighted by atomic mass is 16.5. The van der Waals surface area contributed by atoms with Crippen LogP contribution in [0.15, 0.2) is 73.1 Å². The normalized spacial score (nSPS) is 17.7. The molecule has 1 aliphatic heterocycles. The third-order valence-electron chi connectivity index (χ3n) is 6.47. The first-order valence-electron chi connectivity index (χ1n) is 11.9. The summed E-state index contributed by atoms with van der Waals surface area (Å²) < 4.78 is 5.20. The lowest BCUT2D eigenvalue weighted by atomic mass is 9.87. The first-order chi connectivity index (χ1) is 17.0. The van der Waals surface area contributed by atoms with Crippen LogP contribution in [0.4, 0.5) is 0 Å². The van der Waals surface area contributed by atoms with Gasteiger partial charge in [-0.2, -0.15) is 0 Å². The molecule has 2 heterocycles. The van der Waals surface area contributed by atoms with Gasteiger partial charge in [0, 0.05) is 44.5 Å². The zero-order chi connectivity index (χ0) is 24.6. The highest BCUT2D eigenvalue weighted by molar-refractivity contribution is 5.93. The fraction of sp³-hybridized carbons (Fsp3) is 0.321. The molecule has 1 aliphatic rings. The van der Waals surface area contributed by atoms with Crippen LogP contribution in [-0.4, -0.2) is 55.5 Å². The first-order valence-corrected chi connectivity index (χ1v) is 11.9. The van der Waals surface area contributed by atoms with Crippen molar-refractivity contribution in [1.82, 2.24) is 20.5 Å². The lowest BCUT2D eigenvalue weighted by Gasteiger charge is -2.19. The van der Waals surface area contributed by atoms with Crippen molar-refractivity contribution in [3.05, 3.63) is 95.3 Å². The van der Waals surface area contributed by atoms with Crippen LogP contribution in [0.1, 0.15) is 33.0 Å². The zero-order valence-electron chi connectivity index (χ0n) is 20.2. The van der Waals surface area contributed by atoms with Gasteiger partial charge < -0.3 is 20.3 Å². The summed E-state index contributed by atoms with van der Waals surface area (Å²) in [5.41, 5.74) is 3.82. The average Bonchev–Trinajstić information content (AvgIpc) is 3.30. The standard InChI is InChI=1S/C28H32N4O3/c1-32-18-25(26(19-32)28(34)30-14-12-20-8-10-24(35-2)11-9-20)22-6-3-5-21(15-22)16-31-27(33)23-7-4-13-29-17-23/h3-11,13,15,17,25-26H,12,14,16,18-19H2,1-2H3,(H,30,34)(H,31,33). The molecule has 0 aliphatic carbocycles. The van der Waals surface area contributed by atoms with Crippen molar-refractivity contribution >= 4 is 11.8 Å². The molecule has 0 radical (unpaired) electrons. The van der Waals surface area contributed by atoms with Gasteiger partial charge in [-0.05, 0) is 54.4 Å². The topological polar surface area (TPSA) is 83.6 Å². The van der Waals surface area contributed by atoms with Crippen LogP contribution < -0.4 is 15.4 Å². The quantitative estimate of drug-likeness (QED) is 0.500. The SMILES string of the molecule is COc1ccc(CCNC(=O)C2CN(C)CC2c2cccc(CNC(=O)c3cccnc3)c2)cc1. The molecule has 2 amide bonds. The first kappa shape index (κ1) is 24.4. The number of carbonyl (C=O) groups excluding carboxylic acids is 2. The lowest BCUT2D eigenvalue weighted by Crippen LogP contribution is -2.35. The third kappa shape index (κ3) is 6.45. The molecule has 3 aromatic rings. The Morgan fingerprint density at radius 1 is 1.03 bits per heavy atom. The Balaban J connectivity index is 1.35. The second-order valence-electron chi connectivity index (χ2n) is 8.99. The van der Waals surface area contributed by atoms with Gasteiger partial charge in [0.05, 0.1) is 18.6 Å². The molecule has 2 atom stereocenters. The number of nitrogens with zero attached hydrogens (tertiary/aromatic N) is 2. The van der Waals surface area contributed by atoms with Gasteiger partial charge >= 0.3 is 0 Å². The van der Waals surface area contributed by atoms with E-state index >= 15 is 0 Å². The summed E-state index contributed by atoms with van der Waals surface area (Å²) in [7, 11) is 3.70. The van der Waals surface area contributed by atoms with Crippen LogP contribution in [0, 0.1) is 5.92 Å². The maximum absolute atomic E-state index is 13.1. The van der Waals surface area contributed by atoms with Crippen LogP contribution >= 0.6 is 0 Å². The van der Waals surface area contributed by atoms with E-state index in [4.69, 9.17) is 4.74 Å². The Labute approximate surface area is 206 Å². The smallest absolute Gasteiger partial charge is 0.253 e. The number of aromatic nitrogens is 1. The van der Waals surface area contributed by atoms with Crippen molar-refractivity contribution in [3.63, 3.8) is 0 Å². The lowest BCUT2D eigenvalue weighted by molar-refractivity contribution is -0.124. The molecule has 0 spiro atoms. The van der Waals surface area contributed by atoms with E-state index in [-0.39, 0.29) is 23.7 Å². The predicted octanol–water partition coefficient (Wildman–Crippen LogP) is 3.02. The maximum atomic E-state index is 13.1. The molecule has 35 heavy (non-hydrogen) atoms. The Kier molecular flexibility index (Phi) is 8.11. The Morgan fingerprint density at radius 3 is 2.60 bits per heavy atom. The molecule has 1 fully saturated rings. The van der Waals surface area contributed by atoms with Crippen LogP contribution in [-0.2, 0) is 17.8 Å². The van der Waals surface area contributed by atoms with E-state index in [0.717, 1.165) is 42.0 Å².